The highest BCUT2D eigenvalue weighted by atomic mass is 16.7. The Morgan fingerprint density at radius 3 is 2.63 bits per heavy atom. The van der Waals surface area contributed by atoms with Gasteiger partial charge in [0.2, 0.25) is 18.6 Å². The van der Waals surface area contributed by atoms with E-state index >= 15 is 0 Å². The van der Waals surface area contributed by atoms with Crippen molar-refractivity contribution in [3.63, 3.8) is 0 Å². The first-order valence-electron chi connectivity index (χ1n) is 9.06. The van der Waals surface area contributed by atoms with Gasteiger partial charge >= 0.3 is 0 Å². The molecule has 140 valence electrons. The molecule has 27 heavy (non-hydrogen) atoms. The van der Waals surface area contributed by atoms with E-state index in [1.807, 2.05) is 56.3 Å². The van der Waals surface area contributed by atoms with Gasteiger partial charge in [0.15, 0.2) is 11.5 Å². The van der Waals surface area contributed by atoms with Crippen molar-refractivity contribution in [2.75, 3.05) is 24.8 Å². The lowest BCUT2D eigenvalue weighted by Gasteiger charge is -2.39. The zero-order chi connectivity index (χ0) is 19.0. The number of piperazine rings is 1. The van der Waals surface area contributed by atoms with Gasteiger partial charge < -0.3 is 19.3 Å². The summed E-state index contributed by atoms with van der Waals surface area (Å²) >= 11 is 0. The molecule has 2 aromatic carbocycles. The molecule has 0 saturated carbocycles. The van der Waals surface area contributed by atoms with Crippen LogP contribution >= 0.6 is 0 Å². The molecule has 1 fully saturated rings. The Morgan fingerprint density at radius 1 is 1.11 bits per heavy atom. The number of rotatable bonds is 3. The summed E-state index contributed by atoms with van der Waals surface area (Å²) in [6.45, 7) is 4.79. The fourth-order valence-corrected chi connectivity index (χ4v) is 3.49. The lowest BCUT2D eigenvalue weighted by Crippen LogP contribution is -2.57. The Labute approximate surface area is 158 Å². The van der Waals surface area contributed by atoms with E-state index in [2.05, 4.69) is 0 Å². The van der Waals surface area contributed by atoms with Gasteiger partial charge in [0.25, 0.3) is 0 Å². The van der Waals surface area contributed by atoms with Crippen molar-refractivity contribution >= 4 is 17.5 Å². The van der Waals surface area contributed by atoms with Gasteiger partial charge in [-0.05, 0) is 43.7 Å². The van der Waals surface area contributed by atoms with Crippen LogP contribution in [0, 0.1) is 6.92 Å². The summed E-state index contributed by atoms with van der Waals surface area (Å²) in [6.07, 6.45) is 0.235. The number of nitrogens with zero attached hydrogens (tertiary/aromatic N) is 2. The highest BCUT2D eigenvalue weighted by Crippen LogP contribution is 2.32. The van der Waals surface area contributed by atoms with Gasteiger partial charge in [-0.1, -0.05) is 23.8 Å². The van der Waals surface area contributed by atoms with E-state index in [0.717, 1.165) is 16.8 Å². The summed E-state index contributed by atoms with van der Waals surface area (Å²) < 4.78 is 10.7. The summed E-state index contributed by atoms with van der Waals surface area (Å²) in [5, 5.41) is 0. The van der Waals surface area contributed by atoms with Crippen molar-refractivity contribution in [2.24, 2.45) is 0 Å². The molecule has 0 aromatic heterocycles. The van der Waals surface area contributed by atoms with E-state index < -0.39 is 0 Å². The van der Waals surface area contributed by atoms with Gasteiger partial charge in [-0.2, -0.15) is 0 Å². The maximum Gasteiger partial charge on any atom is 0.246 e. The molecule has 1 saturated heterocycles. The largest absolute Gasteiger partial charge is 0.454 e. The molecule has 0 bridgehead atoms. The summed E-state index contributed by atoms with van der Waals surface area (Å²) in [7, 11) is 0. The van der Waals surface area contributed by atoms with Crippen LogP contribution in [-0.2, 0) is 16.0 Å². The monoisotopic (exact) mass is 366 g/mol. The molecule has 6 nitrogen and oxygen atoms in total. The lowest BCUT2D eigenvalue weighted by molar-refractivity contribution is -0.138. The van der Waals surface area contributed by atoms with E-state index in [4.69, 9.17) is 9.47 Å². The first-order chi connectivity index (χ1) is 13.0. The SMILES string of the molecule is Cc1ccc(N2CC(C)N(C(=O)Cc3ccc4c(c3)OCO4)CC2=O)cc1. The standard InChI is InChI=1S/C21H22N2O4/c1-14-3-6-17(7-4-14)23-11-15(2)22(12-21(23)25)20(24)10-16-5-8-18-19(9-16)27-13-26-18/h3-9,15H,10-13H2,1-2H3. The number of benzene rings is 2. The predicted octanol–water partition coefficient (Wildman–Crippen LogP) is 2.53. The van der Waals surface area contributed by atoms with Crippen molar-refractivity contribution in [2.45, 2.75) is 26.3 Å². The van der Waals surface area contributed by atoms with E-state index in [0.29, 0.717) is 18.0 Å². The molecule has 2 heterocycles. The third-order valence-electron chi connectivity index (χ3n) is 5.04. The first kappa shape index (κ1) is 17.4. The van der Waals surface area contributed by atoms with Crippen LogP contribution in [0.25, 0.3) is 0 Å². The Kier molecular flexibility index (Phi) is 4.48. The second-order valence-electron chi connectivity index (χ2n) is 7.07. The van der Waals surface area contributed by atoms with Crippen molar-refractivity contribution in [3.8, 4) is 11.5 Å². The number of amides is 2. The molecule has 2 amide bonds. The van der Waals surface area contributed by atoms with Crippen LogP contribution in [0.2, 0.25) is 0 Å². The Balaban J connectivity index is 1.44. The molecule has 1 unspecified atom stereocenters. The molecule has 0 aliphatic carbocycles. The smallest absolute Gasteiger partial charge is 0.246 e. The second kappa shape index (κ2) is 6.95. The molecule has 0 spiro atoms. The Hall–Kier alpha value is -3.02. The van der Waals surface area contributed by atoms with E-state index in [1.54, 1.807) is 9.80 Å². The minimum absolute atomic E-state index is 0.0505. The van der Waals surface area contributed by atoms with Gasteiger partial charge in [-0.15, -0.1) is 0 Å². The highest BCUT2D eigenvalue weighted by molar-refractivity contribution is 5.98. The van der Waals surface area contributed by atoms with Crippen molar-refractivity contribution < 1.29 is 19.1 Å². The zero-order valence-electron chi connectivity index (χ0n) is 15.5. The molecule has 1 atom stereocenters. The predicted molar refractivity (Wildman–Crippen MR) is 101 cm³/mol. The average Bonchev–Trinajstić information content (AvgIpc) is 3.12. The number of ether oxygens (including phenoxy) is 2. The van der Waals surface area contributed by atoms with Gasteiger partial charge in [0.05, 0.1) is 6.42 Å². The van der Waals surface area contributed by atoms with Crippen LogP contribution in [0.1, 0.15) is 18.1 Å². The van der Waals surface area contributed by atoms with E-state index in [1.165, 1.54) is 0 Å². The third-order valence-corrected chi connectivity index (χ3v) is 5.04. The van der Waals surface area contributed by atoms with Crippen molar-refractivity contribution in [1.82, 2.24) is 4.90 Å². The van der Waals surface area contributed by atoms with Gasteiger partial charge in [-0.25, -0.2) is 0 Å². The zero-order valence-corrected chi connectivity index (χ0v) is 15.5. The summed E-state index contributed by atoms with van der Waals surface area (Å²) in [6, 6.07) is 13.3. The molecular formula is C21H22N2O4. The summed E-state index contributed by atoms with van der Waals surface area (Å²) in [5.74, 6) is 1.24. The first-order valence-corrected chi connectivity index (χ1v) is 9.06. The Morgan fingerprint density at radius 2 is 1.85 bits per heavy atom. The van der Waals surface area contributed by atoms with Crippen LogP contribution in [0.4, 0.5) is 5.69 Å². The third kappa shape index (κ3) is 3.47. The van der Waals surface area contributed by atoms with Crippen LogP contribution in [-0.4, -0.2) is 42.6 Å². The number of hydrogen-bond donors (Lipinski definition) is 0. The molecule has 2 aliphatic heterocycles. The molecule has 0 N–H and O–H groups in total. The molecule has 2 aliphatic rings. The lowest BCUT2D eigenvalue weighted by atomic mass is 10.1. The highest BCUT2D eigenvalue weighted by Gasteiger charge is 2.33. The van der Waals surface area contributed by atoms with Crippen LogP contribution in [0.15, 0.2) is 42.5 Å². The number of aryl methyl sites for hydroxylation is 1. The average molecular weight is 366 g/mol. The van der Waals surface area contributed by atoms with Crippen LogP contribution < -0.4 is 14.4 Å². The van der Waals surface area contributed by atoms with Crippen LogP contribution in [0.3, 0.4) is 0 Å². The molecule has 6 heteroatoms. The van der Waals surface area contributed by atoms with Crippen molar-refractivity contribution in [3.05, 3.63) is 53.6 Å². The van der Waals surface area contributed by atoms with Gasteiger partial charge in [-0.3, -0.25) is 9.59 Å². The van der Waals surface area contributed by atoms with E-state index in [-0.39, 0.29) is 37.6 Å². The fraction of sp³-hybridized carbons (Fsp3) is 0.333. The number of fused-ring (bicyclic) bond motifs is 1. The van der Waals surface area contributed by atoms with Gasteiger partial charge in [0, 0.05) is 18.3 Å². The summed E-state index contributed by atoms with van der Waals surface area (Å²) in [5.41, 5.74) is 2.88. The topological polar surface area (TPSA) is 59.1 Å². The molecule has 4 rings (SSSR count). The number of carbonyl (C=O) groups is 2. The summed E-state index contributed by atoms with van der Waals surface area (Å²) in [4.78, 5) is 28.9. The number of carbonyl (C=O) groups excluding carboxylic acids is 2. The quantitative estimate of drug-likeness (QED) is 0.838. The number of anilines is 1. The Bertz CT molecular complexity index is 878. The minimum atomic E-state index is -0.0593. The van der Waals surface area contributed by atoms with E-state index in [9.17, 15) is 9.59 Å². The van der Waals surface area contributed by atoms with Crippen molar-refractivity contribution in [1.29, 1.82) is 0 Å². The second-order valence-corrected chi connectivity index (χ2v) is 7.07. The fourth-order valence-electron chi connectivity index (χ4n) is 3.49. The normalized spacial score (nSPS) is 18.7. The maximum absolute atomic E-state index is 12.8. The molecule has 0 radical (unpaired) electrons. The van der Waals surface area contributed by atoms with Gasteiger partial charge in [0.1, 0.15) is 6.54 Å². The molecule has 2 aromatic rings. The minimum Gasteiger partial charge on any atom is -0.454 e. The molecular weight excluding hydrogens is 344 g/mol. The maximum atomic E-state index is 12.8. The van der Waals surface area contributed by atoms with Crippen LogP contribution in [0.5, 0.6) is 11.5 Å². The number of hydrogen-bond acceptors (Lipinski definition) is 4.